The summed E-state index contributed by atoms with van der Waals surface area (Å²) in [7, 11) is 0. The lowest BCUT2D eigenvalue weighted by Crippen LogP contribution is -2.43. The van der Waals surface area contributed by atoms with E-state index in [4.69, 9.17) is 4.74 Å². The fourth-order valence-electron chi connectivity index (χ4n) is 2.91. The van der Waals surface area contributed by atoms with Crippen LogP contribution in [0.15, 0.2) is 24.3 Å². The Bertz CT molecular complexity index is 569. The first-order chi connectivity index (χ1) is 10.9. The van der Waals surface area contributed by atoms with E-state index in [2.05, 4.69) is 0 Å². The molecule has 1 aromatic rings. The maximum atomic E-state index is 12.7. The van der Waals surface area contributed by atoms with E-state index in [-0.39, 0.29) is 24.5 Å². The Hall–Kier alpha value is -1.56. The van der Waals surface area contributed by atoms with Crippen LogP contribution in [0.25, 0.3) is 0 Å². The van der Waals surface area contributed by atoms with E-state index < -0.39 is 11.7 Å². The van der Waals surface area contributed by atoms with Crippen molar-refractivity contribution in [2.24, 2.45) is 5.92 Å². The number of halogens is 3. The highest BCUT2D eigenvalue weighted by molar-refractivity contribution is 5.81. The molecule has 1 saturated carbocycles. The largest absolute Gasteiger partial charge is 0.416 e. The van der Waals surface area contributed by atoms with Crippen molar-refractivity contribution in [1.29, 1.82) is 0 Å². The predicted octanol–water partition coefficient (Wildman–Crippen LogP) is 3.62. The van der Waals surface area contributed by atoms with Crippen molar-refractivity contribution in [1.82, 2.24) is 4.90 Å². The van der Waals surface area contributed by atoms with Gasteiger partial charge in [0, 0.05) is 19.0 Å². The highest BCUT2D eigenvalue weighted by Gasteiger charge is 2.35. The van der Waals surface area contributed by atoms with Crippen LogP contribution in [0.2, 0.25) is 0 Å². The van der Waals surface area contributed by atoms with Gasteiger partial charge in [0.15, 0.2) is 0 Å². The molecule has 2 fully saturated rings. The molecule has 126 valence electrons. The molecule has 6 heteroatoms. The van der Waals surface area contributed by atoms with Crippen molar-refractivity contribution in [3.63, 3.8) is 0 Å². The summed E-state index contributed by atoms with van der Waals surface area (Å²) in [6.45, 7) is 1.45. The molecule has 0 bridgehead atoms. The van der Waals surface area contributed by atoms with Crippen LogP contribution in [-0.2, 0) is 22.3 Å². The first-order valence-electron chi connectivity index (χ1n) is 8.00. The summed E-state index contributed by atoms with van der Waals surface area (Å²) < 4.78 is 43.9. The van der Waals surface area contributed by atoms with Crippen molar-refractivity contribution < 1.29 is 22.7 Å². The first-order valence-corrected chi connectivity index (χ1v) is 8.00. The molecule has 23 heavy (non-hydrogen) atoms. The van der Waals surface area contributed by atoms with E-state index >= 15 is 0 Å². The van der Waals surface area contributed by atoms with Crippen molar-refractivity contribution in [3.8, 4) is 0 Å². The second kappa shape index (κ2) is 6.51. The number of amides is 1. The van der Waals surface area contributed by atoms with Crippen LogP contribution < -0.4 is 0 Å². The van der Waals surface area contributed by atoms with Gasteiger partial charge in [-0.2, -0.15) is 13.2 Å². The first kappa shape index (κ1) is 16.3. The number of hydrogen-bond donors (Lipinski definition) is 0. The number of rotatable bonds is 4. The number of ether oxygens (including phenoxy) is 1. The van der Waals surface area contributed by atoms with Crippen molar-refractivity contribution in [3.05, 3.63) is 35.4 Å². The van der Waals surface area contributed by atoms with Crippen LogP contribution in [0.1, 0.15) is 36.8 Å². The van der Waals surface area contributed by atoms with Gasteiger partial charge in [0.2, 0.25) is 5.91 Å². The Labute approximate surface area is 133 Å². The Morgan fingerprint density at radius 2 is 2.04 bits per heavy atom. The zero-order valence-corrected chi connectivity index (χ0v) is 12.8. The quantitative estimate of drug-likeness (QED) is 0.845. The SMILES string of the molecule is O=C(C1CC1)N1CCCC(OCc2cccc(C(F)(F)F)c2)C1. The van der Waals surface area contributed by atoms with Gasteiger partial charge < -0.3 is 9.64 Å². The minimum absolute atomic E-state index is 0.0963. The molecular formula is C17H20F3NO2. The Kier molecular flexibility index (Phi) is 4.62. The lowest BCUT2D eigenvalue weighted by atomic mass is 10.1. The van der Waals surface area contributed by atoms with Gasteiger partial charge in [-0.1, -0.05) is 12.1 Å². The summed E-state index contributed by atoms with van der Waals surface area (Å²) in [5, 5.41) is 0. The van der Waals surface area contributed by atoms with Crippen LogP contribution in [0.3, 0.4) is 0 Å². The standard InChI is InChI=1S/C17H20F3NO2/c18-17(19,20)14-4-1-3-12(9-14)11-23-15-5-2-8-21(10-15)16(22)13-6-7-13/h1,3-4,9,13,15H,2,5-8,10-11H2. The number of nitrogens with zero attached hydrogens (tertiary/aromatic N) is 1. The average molecular weight is 327 g/mol. The fraction of sp³-hybridized carbons (Fsp3) is 0.588. The van der Waals surface area contributed by atoms with Gasteiger partial charge in [0.05, 0.1) is 18.3 Å². The molecule has 1 heterocycles. The van der Waals surface area contributed by atoms with Gasteiger partial charge in [0.1, 0.15) is 0 Å². The molecule has 0 radical (unpaired) electrons. The highest BCUT2D eigenvalue weighted by Crippen LogP contribution is 2.32. The van der Waals surface area contributed by atoms with Gasteiger partial charge in [-0.15, -0.1) is 0 Å². The minimum Gasteiger partial charge on any atom is -0.372 e. The third-order valence-corrected chi connectivity index (χ3v) is 4.36. The van der Waals surface area contributed by atoms with Crippen LogP contribution in [-0.4, -0.2) is 30.0 Å². The monoisotopic (exact) mass is 327 g/mol. The molecule has 0 N–H and O–H groups in total. The van der Waals surface area contributed by atoms with E-state index in [1.165, 1.54) is 6.07 Å². The molecule has 1 aromatic carbocycles. The summed E-state index contributed by atoms with van der Waals surface area (Å²) in [4.78, 5) is 13.9. The van der Waals surface area contributed by atoms with Crippen LogP contribution in [0, 0.1) is 5.92 Å². The minimum atomic E-state index is -4.34. The molecule has 3 rings (SSSR count). The molecular weight excluding hydrogens is 307 g/mol. The maximum Gasteiger partial charge on any atom is 0.416 e. The van der Waals surface area contributed by atoms with Crippen LogP contribution in [0.5, 0.6) is 0 Å². The number of likely N-dealkylation sites (tertiary alicyclic amines) is 1. The average Bonchev–Trinajstić information content (AvgIpc) is 3.37. The number of benzene rings is 1. The fourth-order valence-corrected chi connectivity index (χ4v) is 2.91. The Balaban J connectivity index is 1.54. The van der Waals surface area contributed by atoms with Crippen molar-refractivity contribution in [2.75, 3.05) is 13.1 Å². The predicted molar refractivity (Wildman–Crippen MR) is 78.6 cm³/mol. The second-order valence-corrected chi connectivity index (χ2v) is 6.33. The molecule has 1 unspecified atom stereocenters. The lowest BCUT2D eigenvalue weighted by molar-refractivity contribution is -0.138. The summed E-state index contributed by atoms with van der Waals surface area (Å²) in [6, 6.07) is 5.20. The third kappa shape index (κ3) is 4.25. The lowest BCUT2D eigenvalue weighted by Gasteiger charge is -2.33. The topological polar surface area (TPSA) is 29.5 Å². The summed E-state index contributed by atoms with van der Waals surface area (Å²) in [5.74, 6) is 0.398. The number of piperidine rings is 1. The number of carbonyl (C=O) groups excluding carboxylic acids is 1. The Morgan fingerprint density at radius 1 is 1.26 bits per heavy atom. The van der Waals surface area contributed by atoms with Crippen LogP contribution >= 0.6 is 0 Å². The molecule has 0 aromatic heterocycles. The zero-order valence-electron chi connectivity index (χ0n) is 12.8. The summed E-state index contributed by atoms with van der Waals surface area (Å²) in [5.41, 5.74) is -0.154. The highest BCUT2D eigenvalue weighted by atomic mass is 19.4. The second-order valence-electron chi connectivity index (χ2n) is 6.33. The number of hydrogen-bond acceptors (Lipinski definition) is 2. The molecule has 1 aliphatic heterocycles. The molecule has 3 nitrogen and oxygen atoms in total. The van der Waals surface area contributed by atoms with Gasteiger partial charge in [-0.25, -0.2) is 0 Å². The van der Waals surface area contributed by atoms with Gasteiger partial charge in [-0.05, 0) is 43.4 Å². The normalized spacial score (nSPS) is 22.2. The molecule has 1 atom stereocenters. The maximum absolute atomic E-state index is 12.7. The van der Waals surface area contributed by atoms with E-state index in [0.29, 0.717) is 12.1 Å². The molecule has 1 aliphatic carbocycles. The van der Waals surface area contributed by atoms with Crippen molar-refractivity contribution >= 4 is 5.91 Å². The van der Waals surface area contributed by atoms with E-state index in [1.807, 2.05) is 4.90 Å². The van der Waals surface area contributed by atoms with Crippen molar-refractivity contribution in [2.45, 2.75) is 44.6 Å². The summed E-state index contributed by atoms with van der Waals surface area (Å²) >= 11 is 0. The molecule has 1 amide bonds. The van der Waals surface area contributed by atoms with E-state index in [0.717, 1.165) is 44.4 Å². The number of alkyl halides is 3. The van der Waals surface area contributed by atoms with Gasteiger partial charge in [-0.3, -0.25) is 4.79 Å². The molecule has 0 spiro atoms. The summed E-state index contributed by atoms with van der Waals surface area (Å²) in [6.07, 6.45) is -0.759. The van der Waals surface area contributed by atoms with Gasteiger partial charge in [0.25, 0.3) is 0 Å². The molecule has 1 saturated heterocycles. The molecule has 2 aliphatic rings. The van der Waals surface area contributed by atoms with Gasteiger partial charge >= 0.3 is 6.18 Å². The smallest absolute Gasteiger partial charge is 0.372 e. The van der Waals surface area contributed by atoms with Crippen LogP contribution in [0.4, 0.5) is 13.2 Å². The van der Waals surface area contributed by atoms with E-state index in [1.54, 1.807) is 6.07 Å². The third-order valence-electron chi connectivity index (χ3n) is 4.36. The Morgan fingerprint density at radius 3 is 2.74 bits per heavy atom. The zero-order chi connectivity index (χ0) is 16.4. The number of carbonyl (C=O) groups is 1. The van der Waals surface area contributed by atoms with E-state index in [9.17, 15) is 18.0 Å².